The van der Waals surface area contributed by atoms with E-state index in [-0.39, 0.29) is 18.4 Å². The van der Waals surface area contributed by atoms with Crippen LogP contribution in [0.3, 0.4) is 0 Å². The van der Waals surface area contributed by atoms with E-state index in [4.69, 9.17) is 4.74 Å². The van der Waals surface area contributed by atoms with Crippen molar-refractivity contribution in [2.75, 3.05) is 17.2 Å². The summed E-state index contributed by atoms with van der Waals surface area (Å²) in [6, 6.07) is 11.5. The van der Waals surface area contributed by atoms with E-state index in [2.05, 4.69) is 24.5 Å². The summed E-state index contributed by atoms with van der Waals surface area (Å²) in [5.41, 5.74) is 4.87. The van der Waals surface area contributed by atoms with Crippen LogP contribution in [0.4, 0.5) is 11.4 Å². The number of nitrogens with one attached hydrogen (secondary N) is 2. The first-order valence-electron chi connectivity index (χ1n) is 8.89. The van der Waals surface area contributed by atoms with Crippen LogP contribution in [0, 0.1) is 6.92 Å². The molecule has 136 valence electrons. The number of hydrogen-bond donors (Lipinski definition) is 2. The van der Waals surface area contributed by atoms with Crippen molar-refractivity contribution in [3.8, 4) is 5.75 Å². The molecule has 0 radical (unpaired) electrons. The molecule has 0 spiro atoms. The van der Waals surface area contributed by atoms with Gasteiger partial charge in [-0.1, -0.05) is 32.0 Å². The van der Waals surface area contributed by atoms with E-state index in [1.807, 2.05) is 37.3 Å². The average Bonchev–Trinajstić information content (AvgIpc) is 2.61. The van der Waals surface area contributed by atoms with Crippen molar-refractivity contribution >= 4 is 23.2 Å². The van der Waals surface area contributed by atoms with Gasteiger partial charge in [0.05, 0.1) is 0 Å². The zero-order chi connectivity index (χ0) is 18.7. The minimum atomic E-state index is -0.188. The summed E-state index contributed by atoms with van der Waals surface area (Å²) in [5, 5.41) is 5.81. The van der Waals surface area contributed by atoms with Gasteiger partial charge in [-0.3, -0.25) is 9.59 Å². The van der Waals surface area contributed by atoms with Gasteiger partial charge in [-0.15, -0.1) is 0 Å². The van der Waals surface area contributed by atoms with Crippen LogP contribution in [-0.4, -0.2) is 18.4 Å². The van der Waals surface area contributed by atoms with E-state index in [0.29, 0.717) is 24.5 Å². The fourth-order valence-corrected chi connectivity index (χ4v) is 3.12. The first-order valence-corrected chi connectivity index (χ1v) is 8.89. The van der Waals surface area contributed by atoms with E-state index >= 15 is 0 Å². The summed E-state index contributed by atoms with van der Waals surface area (Å²) in [7, 11) is 0. The van der Waals surface area contributed by atoms with E-state index in [0.717, 1.165) is 28.1 Å². The summed E-state index contributed by atoms with van der Waals surface area (Å²) >= 11 is 0. The van der Waals surface area contributed by atoms with Crippen LogP contribution in [0.15, 0.2) is 36.4 Å². The number of carbonyl (C=O) groups is 2. The second kappa shape index (κ2) is 7.60. The van der Waals surface area contributed by atoms with Crippen LogP contribution >= 0.6 is 0 Å². The molecule has 0 bridgehead atoms. The van der Waals surface area contributed by atoms with E-state index in [9.17, 15) is 9.59 Å². The lowest BCUT2D eigenvalue weighted by Gasteiger charge is -2.18. The van der Waals surface area contributed by atoms with Crippen LogP contribution in [-0.2, 0) is 16.0 Å². The maximum absolute atomic E-state index is 12.4. The molecular formula is C21H24N2O3. The number of ether oxygens (including phenoxy) is 1. The van der Waals surface area contributed by atoms with Gasteiger partial charge in [0.1, 0.15) is 5.75 Å². The van der Waals surface area contributed by atoms with Crippen LogP contribution < -0.4 is 15.4 Å². The third-order valence-electron chi connectivity index (χ3n) is 4.53. The largest absolute Gasteiger partial charge is 0.484 e. The van der Waals surface area contributed by atoms with Crippen molar-refractivity contribution in [2.45, 2.75) is 39.5 Å². The minimum absolute atomic E-state index is 0.0322. The van der Waals surface area contributed by atoms with Gasteiger partial charge in [-0.05, 0) is 54.2 Å². The Bertz CT molecular complexity index is 843. The molecule has 0 saturated heterocycles. The summed E-state index contributed by atoms with van der Waals surface area (Å²) in [4.78, 5) is 23.8. The van der Waals surface area contributed by atoms with Crippen LogP contribution in [0.25, 0.3) is 0 Å². The predicted molar refractivity (Wildman–Crippen MR) is 103 cm³/mol. The second-order valence-electron chi connectivity index (χ2n) is 6.90. The minimum Gasteiger partial charge on any atom is -0.484 e. The zero-order valence-corrected chi connectivity index (χ0v) is 15.4. The van der Waals surface area contributed by atoms with Crippen molar-refractivity contribution in [3.63, 3.8) is 0 Å². The molecule has 1 aliphatic rings. The Kier molecular flexibility index (Phi) is 5.26. The highest BCUT2D eigenvalue weighted by atomic mass is 16.5. The monoisotopic (exact) mass is 352 g/mol. The maximum atomic E-state index is 12.4. The summed E-state index contributed by atoms with van der Waals surface area (Å²) < 4.78 is 5.65. The molecule has 0 aliphatic carbocycles. The van der Waals surface area contributed by atoms with Crippen molar-refractivity contribution in [1.29, 1.82) is 0 Å². The number of amides is 2. The molecule has 0 saturated carbocycles. The molecule has 0 aromatic heterocycles. The molecule has 1 aliphatic heterocycles. The van der Waals surface area contributed by atoms with Crippen LogP contribution in [0.2, 0.25) is 0 Å². The molecule has 0 atom stereocenters. The molecule has 26 heavy (non-hydrogen) atoms. The molecule has 2 aromatic rings. The van der Waals surface area contributed by atoms with Gasteiger partial charge in [0.15, 0.2) is 6.61 Å². The molecule has 2 amide bonds. The van der Waals surface area contributed by atoms with Gasteiger partial charge >= 0.3 is 0 Å². The second-order valence-corrected chi connectivity index (χ2v) is 6.90. The topological polar surface area (TPSA) is 67.4 Å². The SMILES string of the molecule is Cc1cccc(C(C)C)c1NC(=O)COc1ccc2c(c1)CCC(=O)N2. The third-order valence-corrected chi connectivity index (χ3v) is 4.53. The molecule has 0 fully saturated rings. The molecule has 2 N–H and O–H groups in total. The number of aryl methyl sites for hydroxylation is 2. The highest BCUT2D eigenvalue weighted by Crippen LogP contribution is 2.28. The van der Waals surface area contributed by atoms with Crippen molar-refractivity contribution in [2.24, 2.45) is 0 Å². The van der Waals surface area contributed by atoms with Gasteiger partial charge in [-0.25, -0.2) is 0 Å². The maximum Gasteiger partial charge on any atom is 0.262 e. The fraction of sp³-hybridized carbons (Fsp3) is 0.333. The molecule has 0 unspecified atom stereocenters. The Morgan fingerprint density at radius 1 is 1.23 bits per heavy atom. The fourth-order valence-electron chi connectivity index (χ4n) is 3.12. The average molecular weight is 352 g/mol. The molecule has 5 nitrogen and oxygen atoms in total. The van der Waals surface area contributed by atoms with Gasteiger partial charge in [0, 0.05) is 17.8 Å². The predicted octanol–water partition coefficient (Wildman–Crippen LogP) is 4.02. The standard InChI is InChI=1S/C21H24N2O3/c1-13(2)17-6-4-5-14(3)21(17)23-20(25)12-26-16-8-9-18-15(11-16)7-10-19(24)22-18/h4-6,8-9,11,13H,7,10,12H2,1-3H3,(H,22,24)(H,23,25). The molecule has 5 heteroatoms. The first kappa shape index (κ1) is 18.0. The number of carbonyl (C=O) groups excluding carboxylic acids is 2. The Hall–Kier alpha value is -2.82. The highest BCUT2D eigenvalue weighted by molar-refractivity contribution is 5.94. The van der Waals surface area contributed by atoms with Crippen molar-refractivity contribution in [3.05, 3.63) is 53.1 Å². The molecule has 1 heterocycles. The van der Waals surface area contributed by atoms with Gasteiger partial charge in [0.25, 0.3) is 5.91 Å². The Labute approximate surface area is 153 Å². The van der Waals surface area contributed by atoms with Crippen LogP contribution in [0.5, 0.6) is 5.75 Å². The Balaban J connectivity index is 1.64. The summed E-state index contributed by atoms with van der Waals surface area (Å²) in [6.07, 6.45) is 1.16. The summed E-state index contributed by atoms with van der Waals surface area (Å²) in [6.45, 7) is 6.14. The highest BCUT2D eigenvalue weighted by Gasteiger charge is 2.16. The van der Waals surface area contributed by atoms with Gasteiger partial charge in [0.2, 0.25) is 5.91 Å². The first-order chi connectivity index (χ1) is 12.4. The molecule has 2 aromatic carbocycles. The number of anilines is 2. The number of fused-ring (bicyclic) bond motifs is 1. The van der Waals surface area contributed by atoms with Crippen molar-refractivity contribution in [1.82, 2.24) is 0 Å². The zero-order valence-electron chi connectivity index (χ0n) is 15.4. The number of rotatable bonds is 5. The molecular weight excluding hydrogens is 328 g/mol. The van der Waals surface area contributed by atoms with Gasteiger partial charge in [-0.2, -0.15) is 0 Å². The normalized spacial score (nSPS) is 13.2. The quantitative estimate of drug-likeness (QED) is 0.854. The van der Waals surface area contributed by atoms with E-state index < -0.39 is 0 Å². The van der Waals surface area contributed by atoms with Gasteiger partial charge < -0.3 is 15.4 Å². The van der Waals surface area contributed by atoms with Crippen molar-refractivity contribution < 1.29 is 14.3 Å². The Morgan fingerprint density at radius 2 is 2.04 bits per heavy atom. The summed E-state index contributed by atoms with van der Waals surface area (Å²) in [5.74, 6) is 0.794. The van der Waals surface area contributed by atoms with E-state index in [1.54, 1.807) is 6.07 Å². The number of hydrogen-bond acceptors (Lipinski definition) is 3. The lowest BCUT2D eigenvalue weighted by molar-refractivity contribution is -0.118. The molecule has 3 rings (SSSR count). The smallest absolute Gasteiger partial charge is 0.262 e. The van der Waals surface area contributed by atoms with Crippen LogP contribution in [0.1, 0.15) is 42.9 Å². The number of para-hydroxylation sites is 1. The number of benzene rings is 2. The third kappa shape index (κ3) is 4.04. The lowest BCUT2D eigenvalue weighted by atomic mass is 9.98. The Morgan fingerprint density at radius 3 is 2.81 bits per heavy atom. The lowest BCUT2D eigenvalue weighted by Crippen LogP contribution is -2.22. The van der Waals surface area contributed by atoms with E-state index in [1.165, 1.54) is 0 Å².